The van der Waals surface area contributed by atoms with E-state index in [1.165, 1.54) is 18.5 Å². The Morgan fingerprint density at radius 1 is 1.42 bits per heavy atom. The maximum absolute atomic E-state index is 11.9. The van der Waals surface area contributed by atoms with Crippen LogP contribution in [0, 0.1) is 0 Å². The number of aromatic amines is 1. The van der Waals surface area contributed by atoms with Crippen molar-refractivity contribution in [3.05, 3.63) is 28.7 Å². The molecule has 0 saturated carbocycles. The summed E-state index contributed by atoms with van der Waals surface area (Å²) in [5.41, 5.74) is -0.514. The van der Waals surface area contributed by atoms with E-state index in [2.05, 4.69) is 9.71 Å². The van der Waals surface area contributed by atoms with E-state index in [1.807, 2.05) is 0 Å². The van der Waals surface area contributed by atoms with Gasteiger partial charge < -0.3 is 9.72 Å². The van der Waals surface area contributed by atoms with Crippen LogP contribution in [0.1, 0.15) is 25.7 Å². The molecule has 19 heavy (non-hydrogen) atoms. The number of rotatable bonds is 5. The molecule has 1 unspecified atom stereocenters. The highest BCUT2D eigenvalue weighted by Gasteiger charge is 2.19. The molecule has 0 bridgehead atoms. The summed E-state index contributed by atoms with van der Waals surface area (Å²) in [7, 11) is -3.74. The minimum atomic E-state index is -3.74. The summed E-state index contributed by atoms with van der Waals surface area (Å²) in [6, 6.07) is 1.19. The Kier molecular flexibility index (Phi) is 4.73. The highest BCUT2D eigenvalue weighted by molar-refractivity contribution is 7.89. The quantitative estimate of drug-likeness (QED) is 0.830. The summed E-state index contributed by atoms with van der Waals surface area (Å²) >= 11 is 0. The number of nitrogens with one attached hydrogen (secondary N) is 2. The number of hydrogen-bond acceptors (Lipinski definition) is 4. The van der Waals surface area contributed by atoms with Crippen LogP contribution in [0.3, 0.4) is 0 Å². The van der Waals surface area contributed by atoms with E-state index < -0.39 is 15.5 Å². The molecule has 1 aromatic heterocycles. The summed E-state index contributed by atoms with van der Waals surface area (Å²) < 4.78 is 31.8. The molecule has 1 atom stereocenters. The number of hydrogen-bond donors (Lipinski definition) is 2. The third kappa shape index (κ3) is 3.89. The third-order valence-electron chi connectivity index (χ3n) is 3.11. The smallest absolute Gasteiger partial charge is 0.245 e. The van der Waals surface area contributed by atoms with Gasteiger partial charge in [-0.1, -0.05) is 0 Å². The molecule has 0 amide bonds. The first kappa shape index (κ1) is 14.2. The van der Waals surface area contributed by atoms with E-state index >= 15 is 0 Å². The maximum atomic E-state index is 11.9. The molecule has 6 nitrogen and oxygen atoms in total. The molecule has 1 aliphatic rings. The van der Waals surface area contributed by atoms with E-state index in [0.29, 0.717) is 6.42 Å². The van der Waals surface area contributed by atoms with Gasteiger partial charge in [-0.15, -0.1) is 0 Å². The molecule has 2 heterocycles. The van der Waals surface area contributed by atoms with Crippen molar-refractivity contribution < 1.29 is 13.2 Å². The lowest BCUT2D eigenvalue weighted by Crippen LogP contribution is -2.32. The van der Waals surface area contributed by atoms with Crippen LogP contribution in [-0.4, -0.2) is 32.7 Å². The van der Waals surface area contributed by atoms with Crippen LogP contribution in [-0.2, 0) is 14.8 Å². The minimum Gasteiger partial charge on any atom is -0.378 e. The Bertz CT molecular complexity index is 561. The average molecular weight is 286 g/mol. The van der Waals surface area contributed by atoms with Crippen LogP contribution in [0.15, 0.2) is 28.2 Å². The van der Waals surface area contributed by atoms with Crippen molar-refractivity contribution in [2.75, 3.05) is 13.2 Å². The van der Waals surface area contributed by atoms with E-state index in [9.17, 15) is 13.2 Å². The summed E-state index contributed by atoms with van der Waals surface area (Å²) in [5.74, 6) is 0. The van der Waals surface area contributed by atoms with Gasteiger partial charge in [-0.3, -0.25) is 4.79 Å². The molecule has 1 saturated heterocycles. The van der Waals surface area contributed by atoms with Crippen molar-refractivity contribution in [1.29, 1.82) is 0 Å². The summed E-state index contributed by atoms with van der Waals surface area (Å²) in [6.45, 7) is 1.02. The second-order valence-electron chi connectivity index (χ2n) is 4.55. The van der Waals surface area contributed by atoms with Gasteiger partial charge in [0.15, 0.2) is 0 Å². The lowest BCUT2D eigenvalue weighted by atomic mass is 10.1. The SMILES string of the molecule is O=c1cc[nH]cc1S(=O)(=O)NCCC1CCCCO1. The van der Waals surface area contributed by atoms with Gasteiger partial charge in [0.25, 0.3) is 0 Å². The first-order valence-corrected chi connectivity index (χ1v) is 7.86. The second-order valence-corrected chi connectivity index (χ2v) is 6.28. The number of aromatic nitrogens is 1. The number of ether oxygens (including phenoxy) is 1. The van der Waals surface area contributed by atoms with Crippen LogP contribution < -0.4 is 10.2 Å². The Morgan fingerprint density at radius 2 is 2.26 bits per heavy atom. The molecule has 0 radical (unpaired) electrons. The second kappa shape index (κ2) is 6.31. The first-order valence-electron chi connectivity index (χ1n) is 6.38. The highest BCUT2D eigenvalue weighted by Crippen LogP contribution is 2.15. The molecule has 7 heteroatoms. The fourth-order valence-electron chi connectivity index (χ4n) is 2.08. The molecular weight excluding hydrogens is 268 g/mol. The molecule has 0 spiro atoms. The van der Waals surface area contributed by atoms with E-state index in [1.54, 1.807) is 0 Å². The molecular formula is C12H18N2O4S. The van der Waals surface area contributed by atoms with Crippen LogP contribution in [0.4, 0.5) is 0 Å². The predicted molar refractivity (Wildman–Crippen MR) is 70.5 cm³/mol. The lowest BCUT2D eigenvalue weighted by molar-refractivity contribution is 0.0123. The van der Waals surface area contributed by atoms with Crippen molar-refractivity contribution >= 4 is 10.0 Å². The van der Waals surface area contributed by atoms with E-state index in [4.69, 9.17) is 4.74 Å². The van der Waals surface area contributed by atoms with Crippen LogP contribution >= 0.6 is 0 Å². The van der Waals surface area contributed by atoms with Gasteiger partial charge in [-0.2, -0.15) is 0 Å². The van der Waals surface area contributed by atoms with Crippen molar-refractivity contribution in [3.63, 3.8) is 0 Å². The summed E-state index contributed by atoms with van der Waals surface area (Å²) in [5, 5.41) is 0. The van der Waals surface area contributed by atoms with Crippen LogP contribution in [0.5, 0.6) is 0 Å². The third-order valence-corrected chi connectivity index (χ3v) is 4.59. The van der Waals surface area contributed by atoms with Gasteiger partial charge in [0, 0.05) is 31.6 Å². The molecule has 0 aromatic carbocycles. The molecule has 2 N–H and O–H groups in total. The molecule has 2 rings (SSSR count). The number of H-pyrrole nitrogens is 1. The minimum absolute atomic E-state index is 0.116. The Hall–Kier alpha value is -1.18. The largest absolute Gasteiger partial charge is 0.378 e. The fourth-order valence-corrected chi connectivity index (χ4v) is 3.18. The molecule has 0 aliphatic carbocycles. The Balaban J connectivity index is 1.91. The Morgan fingerprint density at radius 3 is 2.95 bits per heavy atom. The van der Waals surface area contributed by atoms with Gasteiger partial charge in [0.2, 0.25) is 15.5 Å². The molecule has 106 valence electrons. The fraction of sp³-hybridized carbons (Fsp3) is 0.583. The summed E-state index contributed by atoms with van der Waals surface area (Å²) in [4.78, 5) is 13.8. The predicted octanol–water partition coefficient (Wildman–Crippen LogP) is 0.612. The van der Waals surface area contributed by atoms with Crippen molar-refractivity contribution in [3.8, 4) is 0 Å². The molecule has 1 fully saturated rings. The van der Waals surface area contributed by atoms with Gasteiger partial charge >= 0.3 is 0 Å². The standard InChI is InChI=1S/C12H18N2O4S/c15-11-5-6-13-9-12(11)19(16,17)14-7-4-10-3-1-2-8-18-10/h5-6,9-10,14H,1-4,7-8H2,(H,13,15). The topological polar surface area (TPSA) is 88.3 Å². The van der Waals surface area contributed by atoms with Crippen molar-refractivity contribution in [2.45, 2.75) is 36.7 Å². The Labute approximate surface area is 112 Å². The van der Waals surface area contributed by atoms with E-state index in [0.717, 1.165) is 25.9 Å². The lowest BCUT2D eigenvalue weighted by Gasteiger charge is -2.22. The van der Waals surface area contributed by atoms with Gasteiger partial charge in [0.1, 0.15) is 4.90 Å². The molecule has 1 aromatic rings. The van der Waals surface area contributed by atoms with Crippen LogP contribution in [0.2, 0.25) is 0 Å². The van der Waals surface area contributed by atoms with Gasteiger partial charge in [-0.05, 0) is 25.7 Å². The maximum Gasteiger partial charge on any atom is 0.245 e. The average Bonchev–Trinajstić information content (AvgIpc) is 2.40. The zero-order valence-corrected chi connectivity index (χ0v) is 11.4. The van der Waals surface area contributed by atoms with Crippen LogP contribution in [0.25, 0.3) is 0 Å². The molecule has 1 aliphatic heterocycles. The first-order chi connectivity index (χ1) is 9.09. The monoisotopic (exact) mass is 286 g/mol. The van der Waals surface area contributed by atoms with Gasteiger partial charge in [-0.25, -0.2) is 13.1 Å². The van der Waals surface area contributed by atoms with E-state index in [-0.39, 0.29) is 17.5 Å². The van der Waals surface area contributed by atoms with Crippen molar-refractivity contribution in [2.24, 2.45) is 0 Å². The zero-order chi connectivity index (χ0) is 13.7. The summed E-state index contributed by atoms with van der Waals surface area (Å²) in [6.07, 6.45) is 6.50. The van der Waals surface area contributed by atoms with Gasteiger partial charge in [0.05, 0.1) is 6.10 Å². The zero-order valence-electron chi connectivity index (χ0n) is 10.6. The van der Waals surface area contributed by atoms with Crippen molar-refractivity contribution in [1.82, 2.24) is 9.71 Å². The highest BCUT2D eigenvalue weighted by atomic mass is 32.2. The number of pyridine rings is 1. The number of sulfonamides is 1. The normalized spacial score (nSPS) is 20.3.